The highest BCUT2D eigenvalue weighted by molar-refractivity contribution is 8.00. The summed E-state index contributed by atoms with van der Waals surface area (Å²) in [5.41, 5.74) is 0.431. The van der Waals surface area contributed by atoms with Crippen LogP contribution in [0.3, 0.4) is 0 Å². The zero-order valence-electron chi connectivity index (χ0n) is 11.9. The number of rotatable bonds is 4. The fraction of sp³-hybridized carbons (Fsp3) is 0.267. The molecule has 2 heterocycles. The molecule has 0 spiro atoms. The number of amides is 2. The summed E-state index contributed by atoms with van der Waals surface area (Å²) in [6, 6.07) is 8.35. The van der Waals surface area contributed by atoms with Crippen molar-refractivity contribution in [2.45, 2.75) is 17.8 Å². The predicted octanol–water partition coefficient (Wildman–Crippen LogP) is 0.483. The van der Waals surface area contributed by atoms with Gasteiger partial charge in [0.15, 0.2) is 5.70 Å². The quantitative estimate of drug-likeness (QED) is 0.692. The fourth-order valence-electron chi connectivity index (χ4n) is 2.61. The molecule has 0 aliphatic carbocycles. The molecule has 2 amide bonds. The number of carbonyl (C=O) groups is 3. The van der Waals surface area contributed by atoms with Gasteiger partial charge in [-0.25, -0.2) is 4.79 Å². The van der Waals surface area contributed by atoms with E-state index < -0.39 is 29.0 Å². The molecule has 2 aliphatic heterocycles. The van der Waals surface area contributed by atoms with Crippen molar-refractivity contribution in [3.05, 3.63) is 47.4 Å². The second-order valence-electron chi connectivity index (χ2n) is 5.22. The Hall–Kier alpha value is -2.48. The molecular formula is C15H14N2O5S. The first-order valence-electron chi connectivity index (χ1n) is 6.92. The van der Waals surface area contributed by atoms with Crippen molar-refractivity contribution in [3.63, 3.8) is 0 Å². The number of carboxylic acids is 1. The molecule has 1 fully saturated rings. The van der Waals surface area contributed by atoms with Crippen LogP contribution in [-0.4, -0.2) is 50.1 Å². The topological polar surface area (TPSA) is 107 Å². The van der Waals surface area contributed by atoms with Gasteiger partial charge in [0.05, 0.1) is 12.2 Å². The van der Waals surface area contributed by atoms with Crippen LogP contribution in [0.2, 0.25) is 0 Å². The van der Waals surface area contributed by atoms with Crippen LogP contribution < -0.4 is 5.32 Å². The van der Waals surface area contributed by atoms with E-state index in [2.05, 4.69) is 5.32 Å². The van der Waals surface area contributed by atoms with Gasteiger partial charge in [0.2, 0.25) is 5.91 Å². The zero-order valence-corrected chi connectivity index (χ0v) is 12.7. The Kier molecular flexibility index (Phi) is 3.99. The zero-order chi connectivity index (χ0) is 16.6. The summed E-state index contributed by atoms with van der Waals surface area (Å²) in [6.45, 7) is 0. The van der Waals surface area contributed by atoms with Gasteiger partial charge in [-0.15, -0.1) is 11.8 Å². The maximum absolute atomic E-state index is 12.1. The number of fused-ring (bicyclic) bond motifs is 1. The number of nitrogens with zero attached hydrogens (tertiary/aromatic N) is 1. The number of carboxylic acid groups (broad SMARTS) is 1. The standard InChI is InChI=1S/C15H14N2O5S/c18-9-7-23-14-11(13(20)17(14)12(9)15(21)22)16-10(19)6-8-4-2-1-3-5-8/h1-5,11,14,18H,6-7H2,(H,16,19)(H,21,22)/t11?,14-/m1/s1. The third kappa shape index (κ3) is 2.77. The van der Waals surface area contributed by atoms with Crippen LogP contribution in [0.15, 0.2) is 41.8 Å². The lowest BCUT2D eigenvalue weighted by Crippen LogP contribution is -2.70. The van der Waals surface area contributed by atoms with Crippen molar-refractivity contribution in [1.82, 2.24) is 10.2 Å². The van der Waals surface area contributed by atoms with E-state index in [0.29, 0.717) is 0 Å². The summed E-state index contributed by atoms with van der Waals surface area (Å²) in [5, 5.41) is 20.9. The summed E-state index contributed by atoms with van der Waals surface area (Å²) in [4.78, 5) is 36.4. The van der Waals surface area contributed by atoms with Crippen molar-refractivity contribution in [2.75, 3.05) is 5.75 Å². The van der Waals surface area contributed by atoms with Crippen molar-refractivity contribution < 1.29 is 24.6 Å². The number of aliphatic hydroxyl groups is 1. The number of nitrogens with one attached hydrogen (secondary N) is 1. The molecule has 120 valence electrons. The van der Waals surface area contributed by atoms with E-state index in [9.17, 15) is 19.5 Å². The van der Waals surface area contributed by atoms with Gasteiger partial charge in [-0.1, -0.05) is 30.3 Å². The van der Waals surface area contributed by atoms with Gasteiger partial charge >= 0.3 is 5.97 Å². The van der Waals surface area contributed by atoms with Gasteiger partial charge in [-0.05, 0) is 5.56 Å². The molecule has 1 aromatic rings. The van der Waals surface area contributed by atoms with Crippen LogP contribution in [0.1, 0.15) is 5.56 Å². The first-order chi connectivity index (χ1) is 11.0. The Morgan fingerprint density at radius 1 is 1.30 bits per heavy atom. The van der Waals surface area contributed by atoms with Crippen LogP contribution >= 0.6 is 11.8 Å². The summed E-state index contributed by atoms with van der Waals surface area (Å²) >= 11 is 1.22. The number of hydrogen-bond acceptors (Lipinski definition) is 5. The van der Waals surface area contributed by atoms with E-state index in [1.807, 2.05) is 30.3 Å². The minimum absolute atomic E-state index is 0.0983. The van der Waals surface area contributed by atoms with E-state index in [4.69, 9.17) is 5.11 Å². The van der Waals surface area contributed by atoms with Crippen molar-refractivity contribution in [1.29, 1.82) is 0 Å². The molecule has 7 nitrogen and oxygen atoms in total. The number of hydrogen-bond donors (Lipinski definition) is 3. The summed E-state index contributed by atoms with van der Waals surface area (Å²) in [7, 11) is 0. The molecule has 1 saturated heterocycles. The van der Waals surface area contributed by atoms with Gasteiger partial charge < -0.3 is 15.5 Å². The lowest BCUT2D eigenvalue weighted by molar-refractivity contribution is -0.151. The van der Waals surface area contributed by atoms with Crippen LogP contribution in [0.4, 0.5) is 0 Å². The Morgan fingerprint density at radius 2 is 2.00 bits per heavy atom. The summed E-state index contributed by atoms with van der Waals surface area (Å²) < 4.78 is 0. The number of β-lactam (4-membered cyclic amide) rings is 1. The molecule has 3 N–H and O–H groups in total. The molecule has 0 bridgehead atoms. The van der Waals surface area contributed by atoms with E-state index in [1.165, 1.54) is 11.8 Å². The van der Waals surface area contributed by atoms with Crippen molar-refractivity contribution >= 4 is 29.5 Å². The smallest absolute Gasteiger partial charge is 0.356 e. The van der Waals surface area contributed by atoms with Gasteiger partial charge in [0, 0.05) is 0 Å². The average molecular weight is 334 g/mol. The van der Waals surface area contributed by atoms with Crippen LogP contribution in [0, 0.1) is 0 Å². The molecule has 23 heavy (non-hydrogen) atoms. The molecule has 0 saturated carbocycles. The average Bonchev–Trinajstić information content (AvgIpc) is 2.53. The van der Waals surface area contributed by atoms with Crippen LogP contribution in [-0.2, 0) is 20.8 Å². The highest BCUT2D eigenvalue weighted by Gasteiger charge is 2.54. The first kappa shape index (κ1) is 15.4. The van der Waals surface area contributed by atoms with E-state index in [0.717, 1.165) is 10.5 Å². The van der Waals surface area contributed by atoms with Gasteiger partial charge in [0.25, 0.3) is 5.91 Å². The number of thioether (sulfide) groups is 1. The number of aliphatic carboxylic acids is 1. The predicted molar refractivity (Wildman–Crippen MR) is 82.5 cm³/mol. The van der Waals surface area contributed by atoms with E-state index >= 15 is 0 Å². The highest BCUT2D eigenvalue weighted by atomic mass is 32.2. The fourth-order valence-corrected chi connectivity index (χ4v) is 3.81. The molecule has 0 aromatic heterocycles. The summed E-state index contributed by atoms with van der Waals surface area (Å²) in [6.07, 6.45) is 0.148. The second kappa shape index (κ2) is 5.96. The number of aliphatic hydroxyl groups excluding tert-OH is 1. The maximum atomic E-state index is 12.1. The molecule has 2 aliphatic rings. The molecule has 8 heteroatoms. The molecule has 3 rings (SSSR count). The number of benzene rings is 1. The lowest BCUT2D eigenvalue weighted by Gasteiger charge is -2.48. The minimum atomic E-state index is -1.35. The Bertz CT molecular complexity index is 703. The van der Waals surface area contributed by atoms with Crippen LogP contribution in [0.5, 0.6) is 0 Å². The van der Waals surface area contributed by atoms with Gasteiger partial charge in [0.1, 0.15) is 17.2 Å². The first-order valence-corrected chi connectivity index (χ1v) is 7.97. The van der Waals surface area contributed by atoms with Crippen LogP contribution in [0.25, 0.3) is 0 Å². The summed E-state index contributed by atoms with van der Waals surface area (Å²) in [5.74, 6) is -2.41. The Balaban J connectivity index is 1.67. The normalized spacial score (nSPS) is 23.1. The highest BCUT2D eigenvalue weighted by Crippen LogP contribution is 2.39. The SMILES string of the molecule is O=C(Cc1ccccc1)NC1C(=O)N2C(C(=O)O)=C(O)CS[C@H]12. The molecule has 1 aromatic carbocycles. The van der Waals surface area contributed by atoms with Crippen molar-refractivity contribution in [2.24, 2.45) is 0 Å². The lowest BCUT2D eigenvalue weighted by atomic mass is 10.0. The van der Waals surface area contributed by atoms with Crippen molar-refractivity contribution in [3.8, 4) is 0 Å². The molecule has 2 atom stereocenters. The maximum Gasteiger partial charge on any atom is 0.356 e. The Labute approximate surface area is 136 Å². The molecule has 1 unspecified atom stereocenters. The second-order valence-corrected chi connectivity index (χ2v) is 6.32. The third-order valence-electron chi connectivity index (χ3n) is 3.67. The van der Waals surface area contributed by atoms with Gasteiger partial charge in [-0.2, -0.15) is 0 Å². The van der Waals surface area contributed by atoms with Gasteiger partial charge in [-0.3, -0.25) is 14.5 Å². The van der Waals surface area contributed by atoms with E-state index in [1.54, 1.807) is 0 Å². The monoisotopic (exact) mass is 334 g/mol. The largest absolute Gasteiger partial charge is 0.509 e. The number of carbonyl (C=O) groups excluding carboxylic acids is 2. The molecule has 0 radical (unpaired) electrons. The minimum Gasteiger partial charge on any atom is -0.509 e. The third-order valence-corrected chi connectivity index (χ3v) is 4.94. The Morgan fingerprint density at radius 3 is 2.65 bits per heavy atom. The molecular weight excluding hydrogens is 320 g/mol. The van der Waals surface area contributed by atoms with E-state index in [-0.39, 0.29) is 23.8 Å².